The van der Waals surface area contributed by atoms with Gasteiger partial charge in [0, 0.05) is 19.6 Å². The molecule has 0 atom stereocenters. The first-order valence-corrected chi connectivity index (χ1v) is 3.47. The predicted molar refractivity (Wildman–Crippen MR) is 39.0 cm³/mol. The Morgan fingerprint density at radius 2 is 2.45 bits per heavy atom. The fourth-order valence-electron chi connectivity index (χ4n) is 1.02. The summed E-state index contributed by atoms with van der Waals surface area (Å²) in [4.78, 5) is 12.3. The SMILES string of the molecule is N#CC1CN(C[CH]C(N)=O)C1. The number of likely N-dealkylation sites (tertiary alicyclic amines) is 1. The van der Waals surface area contributed by atoms with E-state index in [-0.39, 0.29) is 5.92 Å². The summed E-state index contributed by atoms with van der Waals surface area (Å²) in [5, 5.41) is 8.40. The van der Waals surface area contributed by atoms with Crippen LogP contribution in [0.4, 0.5) is 0 Å². The van der Waals surface area contributed by atoms with Gasteiger partial charge in [-0.2, -0.15) is 5.26 Å². The summed E-state index contributed by atoms with van der Waals surface area (Å²) in [6, 6.07) is 2.15. The van der Waals surface area contributed by atoms with Gasteiger partial charge in [-0.25, -0.2) is 0 Å². The largest absolute Gasteiger partial charge is 0.369 e. The number of nitrogens with zero attached hydrogens (tertiary/aromatic N) is 2. The minimum Gasteiger partial charge on any atom is -0.369 e. The standard InChI is InChI=1S/C7H10N3O/c8-3-6-4-10(5-6)2-1-7(9)11/h1,6H,2,4-5H2,(H2,9,11). The molecule has 4 nitrogen and oxygen atoms in total. The van der Waals surface area contributed by atoms with Gasteiger partial charge in [0.15, 0.2) is 0 Å². The summed E-state index contributed by atoms with van der Waals surface area (Å²) in [7, 11) is 0. The average molecular weight is 152 g/mol. The van der Waals surface area contributed by atoms with Gasteiger partial charge in [0.1, 0.15) is 0 Å². The number of primary amides is 1. The van der Waals surface area contributed by atoms with Crippen molar-refractivity contribution in [3.63, 3.8) is 0 Å². The Hall–Kier alpha value is -1.08. The van der Waals surface area contributed by atoms with E-state index >= 15 is 0 Å². The number of carbonyl (C=O) groups is 1. The van der Waals surface area contributed by atoms with E-state index in [0.717, 1.165) is 13.1 Å². The van der Waals surface area contributed by atoms with Gasteiger partial charge >= 0.3 is 0 Å². The van der Waals surface area contributed by atoms with E-state index in [1.54, 1.807) is 0 Å². The molecule has 1 rings (SSSR count). The highest BCUT2D eigenvalue weighted by Crippen LogP contribution is 2.13. The van der Waals surface area contributed by atoms with Gasteiger partial charge in [0.2, 0.25) is 5.91 Å². The lowest BCUT2D eigenvalue weighted by Gasteiger charge is -2.34. The molecule has 1 radical (unpaired) electrons. The molecule has 0 aromatic carbocycles. The topological polar surface area (TPSA) is 70.1 Å². The third kappa shape index (κ3) is 2.20. The van der Waals surface area contributed by atoms with Crippen LogP contribution in [0.2, 0.25) is 0 Å². The molecule has 4 heteroatoms. The molecule has 2 N–H and O–H groups in total. The maximum Gasteiger partial charge on any atom is 0.222 e. The van der Waals surface area contributed by atoms with E-state index in [2.05, 4.69) is 6.07 Å². The molecular weight excluding hydrogens is 142 g/mol. The Bertz CT molecular complexity index is 190. The molecule has 0 aliphatic carbocycles. The molecule has 1 aliphatic heterocycles. The lowest BCUT2D eigenvalue weighted by molar-refractivity contribution is -0.115. The van der Waals surface area contributed by atoms with Crippen molar-refractivity contribution in [2.24, 2.45) is 11.7 Å². The van der Waals surface area contributed by atoms with Crippen molar-refractivity contribution in [3.05, 3.63) is 6.42 Å². The van der Waals surface area contributed by atoms with Gasteiger partial charge in [0.05, 0.1) is 18.4 Å². The second-order valence-electron chi connectivity index (χ2n) is 2.65. The van der Waals surface area contributed by atoms with Gasteiger partial charge in [-0.1, -0.05) is 0 Å². The van der Waals surface area contributed by atoms with E-state index in [9.17, 15) is 4.79 Å². The molecule has 0 aromatic heterocycles. The quantitative estimate of drug-likeness (QED) is 0.571. The third-order valence-electron chi connectivity index (χ3n) is 1.69. The van der Waals surface area contributed by atoms with Crippen molar-refractivity contribution in [1.29, 1.82) is 5.26 Å². The second kappa shape index (κ2) is 3.35. The fraction of sp³-hybridized carbons (Fsp3) is 0.571. The predicted octanol–water partition coefficient (Wildman–Crippen LogP) is -0.869. The minimum absolute atomic E-state index is 0.149. The average Bonchev–Trinajstić information content (AvgIpc) is 1.84. The number of hydrogen-bond acceptors (Lipinski definition) is 3. The monoisotopic (exact) mass is 152 g/mol. The highest BCUT2D eigenvalue weighted by atomic mass is 16.1. The maximum absolute atomic E-state index is 10.3. The molecule has 0 saturated carbocycles. The number of hydrogen-bond donors (Lipinski definition) is 1. The molecule has 0 bridgehead atoms. The van der Waals surface area contributed by atoms with Crippen LogP contribution >= 0.6 is 0 Å². The van der Waals surface area contributed by atoms with Gasteiger partial charge in [-0.3, -0.25) is 9.69 Å². The molecule has 1 amide bonds. The number of carbonyl (C=O) groups excluding carboxylic acids is 1. The van der Waals surface area contributed by atoms with Gasteiger partial charge in [-0.05, 0) is 0 Å². The van der Waals surface area contributed by atoms with Crippen LogP contribution in [0.1, 0.15) is 0 Å². The molecule has 59 valence electrons. The fourth-order valence-corrected chi connectivity index (χ4v) is 1.02. The van der Waals surface area contributed by atoms with Crippen molar-refractivity contribution in [1.82, 2.24) is 4.90 Å². The van der Waals surface area contributed by atoms with E-state index in [1.165, 1.54) is 6.42 Å². The smallest absolute Gasteiger partial charge is 0.222 e. The van der Waals surface area contributed by atoms with E-state index < -0.39 is 5.91 Å². The van der Waals surface area contributed by atoms with Crippen LogP contribution in [0.25, 0.3) is 0 Å². The molecule has 0 unspecified atom stereocenters. The Morgan fingerprint density at radius 1 is 1.82 bits per heavy atom. The third-order valence-corrected chi connectivity index (χ3v) is 1.69. The Morgan fingerprint density at radius 3 is 2.91 bits per heavy atom. The summed E-state index contributed by atoms with van der Waals surface area (Å²) in [5.41, 5.74) is 4.90. The minimum atomic E-state index is -0.398. The number of rotatable bonds is 3. The zero-order valence-corrected chi connectivity index (χ0v) is 6.16. The Kier molecular flexibility index (Phi) is 2.44. The molecule has 0 aromatic rings. The van der Waals surface area contributed by atoms with Gasteiger partial charge < -0.3 is 5.73 Å². The number of amides is 1. The molecular formula is C7H10N3O. The summed E-state index contributed by atoms with van der Waals surface area (Å²) >= 11 is 0. The van der Waals surface area contributed by atoms with Crippen LogP contribution < -0.4 is 5.73 Å². The van der Waals surface area contributed by atoms with Crippen LogP contribution in [0.3, 0.4) is 0 Å². The highest BCUT2D eigenvalue weighted by Gasteiger charge is 2.25. The zero-order valence-electron chi connectivity index (χ0n) is 6.16. The molecule has 1 fully saturated rings. The molecule has 1 saturated heterocycles. The molecule has 11 heavy (non-hydrogen) atoms. The first kappa shape index (κ1) is 8.02. The zero-order chi connectivity index (χ0) is 8.27. The first-order valence-electron chi connectivity index (χ1n) is 3.47. The maximum atomic E-state index is 10.3. The summed E-state index contributed by atoms with van der Waals surface area (Å²) < 4.78 is 0. The van der Waals surface area contributed by atoms with Crippen molar-refractivity contribution >= 4 is 5.91 Å². The summed E-state index contributed by atoms with van der Waals surface area (Å²) in [6.45, 7) is 2.11. The normalized spacial score (nSPS) is 18.8. The molecule has 1 aliphatic rings. The van der Waals surface area contributed by atoms with E-state index in [1.807, 2.05) is 4.90 Å². The van der Waals surface area contributed by atoms with Gasteiger partial charge in [-0.15, -0.1) is 0 Å². The van der Waals surface area contributed by atoms with Crippen LogP contribution in [0.5, 0.6) is 0 Å². The van der Waals surface area contributed by atoms with Crippen molar-refractivity contribution in [3.8, 4) is 6.07 Å². The number of nitriles is 1. The van der Waals surface area contributed by atoms with E-state index in [0.29, 0.717) is 6.54 Å². The van der Waals surface area contributed by atoms with Crippen LogP contribution in [-0.2, 0) is 4.79 Å². The van der Waals surface area contributed by atoms with Gasteiger partial charge in [0.25, 0.3) is 0 Å². The van der Waals surface area contributed by atoms with E-state index in [4.69, 9.17) is 11.0 Å². The molecule has 1 heterocycles. The van der Waals surface area contributed by atoms with Crippen LogP contribution in [0, 0.1) is 23.7 Å². The van der Waals surface area contributed by atoms with Crippen molar-refractivity contribution < 1.29 is 4.79 Å². The van der Waals surface area contributed by atoms with Crippen molar-refractivity contribution in [2.45, 2.75) is 0 Å². The van der Waals surface area contributed by atoms with Crippen molar-refractivity contribution in [2.75, 3.05) is 19.6 Å². The lowest BCUT2D eigenvalue weighted by Crippen LogP contribution is -2.47. The lowest BCUT2D eigenvalue weighted by atomic mass is 10.0. The Labute approximate surface area is 65.6 Å². The second-order valence-corrected chi connectivity index (χ2v) is 2.65. The highest BCUT2D eigenvalue weighted by molar-refractivity contribution is 5.83. The first-order chi connectivity index (χ1) is 5.22. The molecule has 0 spiro atoms. The summed E-state index contributed by atoms with van der Waals surface area (Å²) in [6.07, 6.45) is 1.42. The number of nitrogens with two attached hydrogens (primary N) is 1. The Balaban J connectivity index is 2.06. The van der Waals surface area contributed by atoms with Crippen LogP contribution in [-0.4, -0.2) is 30.4 Å². The summed E-state index contributed by atoms with van der Waals surface area (Å²) in [5.74, 6) is -0.248. The van der Waals surface area contributed by atoms with Crippen LogP contribution in [0.15, 0.2) is 0 Å².